The van der Waals surface area contributed by atoms with Gasteiger partial charge in [0.2, 0.25) is 0 Å². The number of hydrogen-bond donors (Lipinski definition) is 3. The maximum atomic E-state index is 13.6. The van der Waals surface area contributed by atoms with E-state index in [2.05, 4.69) is 27.6 Å². The first-order chi connectivity index (χ1) is 9.67. The SMILES string of the molecule is CCCc1c(NN)ncnc1Nc1cccc(F)c1C. The van der Waals surface area contributed by atoms with E-state index in [1.807, 2.05) is 6.07 Å². The zero-order chi connectivity index (χ0) is 14.5. The Bertz CT molecular complexity index is 600. The third-order valence-corrected chi connectivity index (χ3v) is 3.10. The Morgan fingerprint density at radius 3 is 2.70 bits per heavy atom. The number of aromatic nitrogens is 2. The molecule has 4 N–H and O–H groups in total. The largest absolute Gasteiger partial charge is 0.340 e. The molecule has 0 aliphatic heterocycles. The van der Waals surface area contributed by atoms with E-state index in [1.165, 1.54) is 12.4 Å². The highest BCUT2D eigenvalue weighted by atomic mass is 19.1. The van der Waals surface area contributed by atoms with Gasteiger partial charge < -0.3 is 10.7 Å². The molecule has 2 rings (SSSR count). The van der Waals surface area contributed by atoms with Crippen molar-refractivity contribution in [3.05, 3.63) is 41.5 Å². The molecule has 0 bridgehead atoms. The zero-order valence-corrected chi connectivity index (χ0v) is 11.6. The number of hydrazine groups is 1. The molecule has 0 spiro atoms. The van der Waals surface area contributed by atoms with Gasteiger partial charge in [-0.15, -0.1) is 0 Å². The molecule has 0 fully saturated rings. The van der Waals surface area contributed by atoms with Gasteiger partial charge in [-0.25, -0.2) is 20.2 Å². The maximum Gasteiger partial charge on any atom is 0.148 e. The summed E-state index contributed by atoms with van der Waals surface area (Å²) in [5.41, 5.74) is 4.69. The summed E-state index contributed by atoms with van der Waals surface area (Å²) in [6.45, 7) is 3.78. The molecule has 0 saturated heterocycles. The topological polar surface area (TPSA) is 75.9 Å². The second-order valence-electron chi connectivity index (χ2n) is 4.48. The fraction of sp³-hybridized carbons (Fsp3) is 0.286. The summed E-state index contributed by atoms with van der Waals surface area (Å²) in [7, 11) is 0. The first-order valence-electron chi connectivity index (χ1n) is 6.50. The summed E-state index contributed by atoms with van der Waals surface area (Å²) in [6.07, 6.45) is 3.13. The lowest BCUT2D eigenvalue weighted by Gasteiger charge is -2.15. The van der Waals surface area contributed by atoms with E-state index in [-0.39, 0.29) is 5.82 Å². The molecule has 0 atom stereocenters. The predicted molar refractivity (Wildman–Crippen MR) is 78.3 cm³/mol. The number of nitrogens with two attached hydrogens (primary N) is 1. The van der Waals surface area contributed by atoms with Gasteiger partial charge in [-0.05, 0) is 25.5 Å². The molecule has 1 aromatic heterocycles. The Kier molecular flexibility index (Phi) is 4.47. The molecule has 2 aromatic rings. The lowest BCUT2D eigenvalue weighted by molar-refractivity contribution is 0.619. The van der Waals surface area contributed by atoms with Crippen molar-refractivity contribution in [2.75, 3.05) is 10.7 Å². The van der Waals surface area contributed by atoms with Crippen molar-refractivity contribution in [3.8, 4) is 0 Å². The number of hydrogen-bond acceptors (Lipinski definition) is 5. The quantitative estimate of drug-likeness (QED) is 0.578. The van der Waals surface area contributed by atoms with E-state index >= 15 is 0 Å². The van der Waals surface area contributed by atoms with Crippen LogP contribution in [-0.4, -0.2) is 9.97 Å². The van der Waals surface area contributed by atoms with Crippen LogP contribution in [0.25, 0.3) is 0 Å². The smallest absolute Gasteiger partial charge is 0.148 e. The summed E-state index contributed by atoms with van der Waals surface area (Å²) in [5, 5.41) is 3.15. The van der Waals surface area contributed by atoms with Crippen LogP contribution in [0.5, 0.6) is 0 Å². The number of halogens is 1. The Morgan fingerprint density at radius 1 is 1.25 bits per heavy atom. The number of rotatable bonds is 5. The van der Waals surface area contributed by atoms with Gasteiger partial charge in [-0.2, -0.15) is 0 Å². The molecular weight excluding hydrogens is 257 g/mol. The van der Waals surface area contributed by atoms with Gasteiger partial charge in [0, 0.05) is 16.8 Å². The summed E-state index contributed by atoms with van der Waals surface area (Å²) < 4.78 is 13.6. The summed E-state index contributed by atoms with van der Waals surface area (Å²) >= 11 is 0. The Balaban J connectivity index is 2.40. The predicted octanol–water partition coefficient (Wildman–Crippen LogP) is 2.91. The molecule has 1 aromatic carbocycles. The Labute approximate surface area is 117 Å². The van der Waals surface area contributed by atoms with Gasteiger partial charge in [-0.1, -0.05) is 19.4 Å². The van der Waals surface area contributed by atoms with Crippen LogP contribution in [-0.2, 0) is 6.42 Å². The fourth-order valence-corrected chi connectivity index (χ4v) is 2.00. The average molecular weight is 275 g/mol. The van der Waals surface area contributed by atoms with Crippen molar-refractivity contribution >= 4 is 17.3 Å². The van der Waals surface area contributed by atoms with E-state index < -0.39 is 0 Å². The van der Waals surface area contributed by atoms with Gasteiger partial charge in [0.1, 0.15) is 23.8 Å². The van der Waals surface area contributed by atoms with E-state index in [1.54, 1.807) is 13.0 Å². The molecular formula is C14H18FN5. The molecule has 5 nitrogen and oxygen atoms in total. The van der Waals surface area contributed by atoms with E-state index in [0.717, 1.165) is 18.4 Å². The standard InChI is InChI=1S/C14H18FN5/c1-3-5-10-13(17-8-18-14(10)20-16)19-12-7-4-6-11(15)9(12)2/h4,6-8H,3,5,16H2,1-2H3,(H2,17,18,19,20). The number of nitrogen functional groups attached to an aromatic ring is 1. The highest BCUT2D eigenvalue weighted by molar-refractivity contribution is 5.66. The monoisotopic (exact) mass is 275 g/mol. The molecule has 0 unspecified atom stereocenters. The van der Waals surface area contributed by atoms with Crippen molar-refractivity contribution in [3.63, 3.8) is 0 Å². The van der Waals surface area contributed by atoms with Crippen LogP contribution >= 0.6 is 0 Å². The molecule has 0 aliphatic rings. The number of benzene rings is 1. The average Bonchev–Trinajstić information content (AvgIpc) is 2.46. The molecule has 0 saturated carbocycles. The third kappa shape index (κ3) is 2.85. The molecule has 1 heterocycles. The minimum absolute atomic E-state index is 0.252. The Hall–Kier alpha value is -2.21. The van der Waals surface area contributed by atoms with Crippen LogP contribution in [0, 0.1) is 12.7 Å². The van der Waals surface area contributed by atoms with Crippen LogP contribution in [0.2, 0.25) is 0 Å². The molecule has 106 valence electrons. The second kappa shape index (κ2) is 6.29. The number of nitrogens with one attached hydrogen (secondary N) is 2. The van der Waals surface area contributed by atoms with Crippen molar-refractivity contribution in [2.24, 2.45) is 5.84 Å². The minimum atomic E-state index is -0.252. The maximum absolute atomic E-state index is 13.6. The van der Waals surface area contributed by atoms with Gasteiger partial charge in [0.25, 0.3) is 0 Å². The molecule has 0 amide bonds. The van der Waals surface area contributed by atoms with Crippen LogP contribution < -0.4 is 16.6 Å². The Morgan fingerprint density at radius 2 is 2.00 bits per heavy atom. The van der Waals surface area contributed by atoms with Gasteiger partial charge in [0.05, 0.1) is 0 Å². The number of anilines is 3. The van der Waals surface area contributed by atoms with Crippen LogP contribution in [0.3, 0.4) is 0 Å². The lowest BCUT2D eigenvalue weighted by Crippen LogP contribution is -2.13. The van der Waals surface area contributed by atoms with Crippen LogP contribution in [0.1, 0.15) is 24.5 Å². The minimum Gasteiger partial charge on any atom is -0.340 e. The van der Waals surface area contributed by atoms with Crippen molar-refractivity contribution in [1.29, 1.82) is 0 Å². The van der Waals surface area contributed by atoms with Crippen molar-refractivity contribution < 1.29 is 4.39 Å². The number of nitrogens with zero attached hydrogens (tertiary/aromatic N) is 2. The third-order valence-electron chi connectivity index (χ3n) is 3.10. The van der Waals surface area contributed by atoms with Gasteiger partial charge >= 0.3 is 0 Å². The van der Waals surface area contributed by atoms with Crippen LogP contribution in [0.15, 0.2) is 24.5 Å². The lowest BCUT2D eigenvalue weighted by atomic mass is 10.1. The summed E-state index contributed by atoms with van der Waals surface area (Å²) in [4.78, 5) is 8.33. The van der Waals surface area contributed by atoms with E-state index in [4.69, 9.17) is 5.84 Å². The molecule has 6 heteroatoms. The van der Waals surface area contributed by atoms with Crippen molar-refractivity contribution in [2.45, 2.75) is 26.7 Å². The molecule has 20 heavy (non-hydrogen) atoms. The first kappa shape index (κ1) is 14.2. The highest BCUT2D eigenvalue weighted by Crippen LogP contribution is 2.26. The van der Waals surface area contributed by atoms with Crippen LogP contribution in [0.4, 0.5) is 21.7 Å². The molecule has 0 radical (unpaired) electrons. The molecule has 0 aliphatic carbocycles. The summed E-state index contributed by atoms with van der Waals surface area (Å²) in [5.74, 6) is 6.44. The van der Waals surface area contributed by atoms with Crippen molar-refractivity contribution in [1.82, 2.24) is 9.97 Å². The fourth-order valence-electron chi connectivity index (χ4n) is 2.00. The van der Waals surface area contributed by atoms with Gasteiger partial charge in [-0.3, -0.25) is 0 Å². The normalized spacial score (nSPS) is 10.4. The van der Waals surface area contributed by atoms with E-state index in [9.17, 15) is 4.39 Å². The second-order valence-corrected chi connectivity index (χ2v) is 4.48. The van der Waals surface area contributed by atoms with E-state index in [0.29, 0.717) is 22.9 Å². The first-order valence-corrected chi connectivity index (χ1v) is 6.50. The summed E-state index contributed by atoms with van der Waals surface area (Å²) in [6, 6.07) is 4.90. The van der Waals surface area contributed by atoms with Gasteiger partial charge in [0.15, 0.2) is 0 Å². The highest BCUT2D eigenvalue weighted by Gasteiger charge is 2.12. The zero-order valence-electron chi connectivity index (χ0n) is 11.6.